The van der Waals surface area contributed by atoms with Gasteiger partial charge in [-0.1, -0.05) is 56.2 Å². The van der Waals surface area contributed by atoms with E-state index in [9.17, 15) is 0 Å². The number of aromatic nitrogens is 1. The van der Waals surface area contributed by atoms with Gasteiger partial charge in [0.05, 0.1) is 5.52 Å². The predicted octanol–water partition coefficient (Wildman–Crippen LogP) is 5.01. The first-order chi connectivity index (χ1) is 11.9. The molecule has 0 radical (unpaired) electrons. The Balaban J connectivity index is 1.88. The number of para-hydroxylation sites is 2. The lowest BCUT2D eigenvalue weighted by atomic mass is 10.0. The maximum Gasteiger partial charge on any atom is 0.0534 e. The van der Waals surface area contributed by atoms with E-state index < -0.39 is 0 Å². The molecule has 2 aromatic carbocycles. The monoisotopic (exact) mass is 318 g/mol. The fourth-order valence-corrected chi connectivity index (χ4v) is 4.02. The van der Waals surface area contributed by atoms with Crippen molar-refractivity contribution in [3.63, 3.8) is 0 Å². The highest BCUT2D eigenvalue weighted by atomic mass is 15.0. The average molecular weight is 318 g/mol. The number of benzene rings is 2. The van der Waals surface area contributed by atoms with Crippen LogP contribution in [-0.4, -0.2) is 11.1 Å². The number of unbranched alkanes of at least 4 members (excludes halogenated alkanes) is 2. The molecule has 1 aliphatic heterocycles. The molecular formula is C22H26N2. The van der Waals surface area contributed by atoms with E-state index in [1.54, 1.807) is 0 Å². The van der Waals surface area contributed by atoms with Crippen molar-refractivity contribution >= 4 is 10.9 Å². The van der Waals surface area contributed by atoms with Gasteiger partial charge in [0.2, 0.25) is 0 Å². The summed E-state index contributed by atoms with van der Waals surface area (Å²) in [5, 5.41) is 4.95. The van der Waals surface area contributed by atoms with Gasteiger partial charge in [-0.3, -0.25) is 0 Å². The molecule has 2 heterocycles. The molecule has 1 aromatic heterocycles. The summed E-state index contributed by atoms with van der Waals surface area (Å²) >= 11 is 0. The first-order valence-corrected chi connectivity index (χ1v) is 9.30. The minimum absolute atomic E-state index is 0.987. The van der Waals surface area contributed by atoms with Gasteiger partial charge in [-0.15, -0.1) is 0 Å². The molecule has 0 saturated heterocycles. The third-order valence-corrected chi connectivity index (χ3v) is 5.21. The van der Waals surface area contributed by atoms with Crippen molar-refractivity contribution in [2.75, 3.05) is 6.54 Å². The van der Waals surface area contributed by atoms with Crippen LogP contribution in [-0.2, 0) is 19.4 Å². The summed E-state index contributed by atoms with van der Waals surface area (Å²) in [5.74, 6) is 0. The van der Waals surface area contributed by atoms with Crippen LogP contribution in [0.3, 0.4) is 0 Å². The smallest absolute Gasteiger partial charge is 0.0534 e. The lowest BCUT2D eigenvalue weighted by Gasteiger charge is -2.19. The minimum Gasteiger partial charge on any atom is -0.313 e. The molecule has 1 N–H and O–H groups in total. The Bertz CT molecular complexity index is 844. The van der Waals surface area contributed by atoms with Crippen molar-refractivity contribution < 1.29 is 0 Å². The van der Waals surface area contributed by atoms with Gasteiger partial charge in [0.1, 0.15) is 0 Å². The quantitative estimate of drug-likeness (QED) is 0.654. The molecule has 0 spiro atoms. The second-order valence-electron chi connectivity index (χ2n) is 6.79. The van der Waals surface area contributed by atoms with Gasteiger partial charge in [0, 0.05) is 36.3 Å². The first kappa shape index (κ1) is 15.5. The zero-order valence-corrected chi connectivity index (χ0v) is 14.5. The third-order valence-electron chi connectivity index (χ3n) is 5.21. The Morgan fingerprint density at radius 3 is 2.75 bits per heavy atom. The molecule has 0 unspecified atom stereocenters. The molecule has 0 aliphatic carbocycles. The first-order valence-electron chi connectivity index (χ1n) is 9.30. The van der Waals surface area contributed by atoms with Crippen LogP contribution in [0.4, 0.5) is 0 Å². The van der Waals surface area contributed by atoms with Crippen LogP contribution in [0.25, 0.3) is 16.6 Å². The van der Waals surface area contributed by atoms with Crippen LogP contribution in [0, 0.1) is 0 Å². The summed E-state index contributed by atoms with van der Waals surface area (Å²) in [6.07, 6.45) is 6.13. The molecule has 0 atom stereocenters. The van der Waals surface area contributed by atoms with E-state index in [1.807, 2.05) is 0 Å². The molecule has 124 valence electrons. The number of nitrogens with one attached hydrogen (secondary N) is 1. The second kappa shape index (κ2) is 6.82. The highest BCUT2D eigenvalue weighted by Crippen LogP contribution is 2.33. The summed E-state index contributed by atoms with van der Waals surface area (Å²) in [4.78, 5) is 0. The zero-order valence-electron chi connectivity index (χ0n) is 14.5. The normalized spacial score (nSPS) is 14.0. The van der Waals surface area contributed by atoms with E-state index in [0.29, 0.717) is 0 Å². The van der Waals surface area contributed by atoms with E-state index in [4.69, 9.17) is 0 Å². The number of fused-ring (bicyclic) bond motifs is 3. The van der Waals surface area contributed by atoms with Crippen LogP contribution in [0.2, 0.25) is 0 Å². The van der Waals surface area contributed by atoms with Gasteiger partial charge >= 0.3 is 0 Å². The van der Waals surface area contributed by atoms with Gasteiger partial charge in [-0.05, 0) is 36.1 Å². The van der Waals surface area contributed by atoms with Crippen molar-refractivity contribution in [2.45, 2.75) is 45.6 Å². The van der Waals surface area contributed by atoms with Gasteiger partial charge in [-0.2, -0.15) is 0 Å². The fourth-order valence-electron chi connectivity index (χ4n) is 4.02. The van der Waals surface area contributed by atoms with Crippen molar-refractivity contribution in [3.8, 4) is 5.69 Å². The highest BCUT2D eigenvalue weighted by molar-refractivity contribution is 5.87. The van der Waals surface area contributed by atoms with Gasteiger partial charge in [-0.25, -0.2) is 0 Å². The van der Waals surface area contributed by atoms with Crippen LogP contribution in [0.5, 0.6) is 0 Å². The molecule has 0 fully saturated rings. The Hall–Kier alpha value is -2.06. The van der Waals surface area contributed by atoms with E-state index in [0.717, 1.165) is 19.5 Å². The maximum absolute atomic E-state index is 3.54. The molecule has 0 bridgehead atoms. The largest absolute Gasteiger partial charge is 0.313 e. The minimum atomic E-state index is 0.987. The lowest BCUT2D eigenvalue weighted by Crippen LogP contribution is -2.24. The molecule has 4 rings (SSSR count). The Morgan fingerprint density at radius 1 is 1.00 bits per heavy atom. The predicted molar refractivity (Wildman–Crippen MR) is 102 cm³/mol. The van der Waals surface area contributed by atoms with Crippen LogP contribution < -0.4 is 5.32 Å². The summed E-state index contributed by atoms with van der Waals surface area (Å²) in [5.41, 5.74) is 7.20. The molecule has 1 aliphatic rings. The highest BCUT2D eigenvalue weighted by Gasteiger charge is 2.21. The summed E-state index contributed by atoms with van der Waals surface area (Å²) in [6, 6.07) is 17.9. The second-order valence-corrected chi connectivity index (χ2v) is 6.79. The average Bonchev–Trinajstić information content (AvgIpc) is 2.97. The maximum atomic E-state index is 3.54. The summed E-state index contributed by atoms with van der Waals surface area (Å²) < 4.78 is 2.53. The lowest BCUT2D eigenvalue weighted by molar-refractivity contribution is 0.630. The van der Waals surface area contributed by atoms with Crippen LogP contribution >= 0.6 is 0 Å². The van der Waals surface area contributed by atoms with E-state index in [-0.39, 0.29) is 0 Å². The Labute approximate surface area is 144 Å². The number of rotatable bonds is 5. The van der Waals surface area contributed by atoms with Gasteiger partial charge < -0.3 is 9.88 Å². The van der Waals surface area contributed by atoms with Crippen LogP contribution in [0.1, 0.15) is 43.0 Å². The van der Waals surface area contributed by atoms with Crippen molar-refractivity contribution in [3.05, 3.63) is 65.4 Å². The zero-order chi connectivity index (χ0) is 16.4. The van der Waals surface area contributed by atoms with Gasteiger partial charge in [0.25, 0.3) is 0 Å². The summed E-state index contributed by atoms with van der Waals surface area (Å²) in [6.45, 7) is 4.33. The summed E-state index contributed by atoms with van der Waals surface area (Å²) in [7, 11) is 0. The van der Waals surface area contributed by atoms with E-state index >= 15 is 0 Å². The number of hydrogen-bond donors (Lipinski definition) is 1. The molecule has 2 nitrogen and oxygen atoms in total. The molecular weight excluding hydrogens is 292 g/mol. The number of nitrogens with zero attached hydrogens (tertiary/aromatic N) is 1. The number of hydrogen-bond acceptors (Lipinski definition) is 1. The van der Waals surface area contributed by atoms with E-state index in [2.05, 4.69) is 65.3 Å². The Kier molecular flexibility index (Phi) is 4.40. The third kappa shape index (κ3) is 2.65. The van der Waals surface area contributed by atoms with Crippen molar-refractivity contribution in [1.82, 2.24) is 9.88 Å². The Morgan fingerprint density at radius 2 is 1.83 bits per heavy atom. The molecule has 3 aromatic rings. The topological polar surface area (TPSA) is 17.0 Å². The van der Waals surface area contributed by atoms with Crippen molar-refractivity contribution in [1.29, 1.82) is 0 Å². The number of aryl methyl sites for hydroxylation is 1. The molecule has 0 amide bonds. The van der Waals surface area contributed by atoms with Crippen LogP contribution in [0.15, 0.2) is 48.5 Å². The molecule has 0 saturated carbocycles. The fraction of sp³-hybridized carbons (Fsp3) is 0.364. The standard InChI is InChI=1S/C22H26N2/c1-2-3-4-9-17-10-5-7-12-20(17)24-21-13-8-6-11-18(21)19-16-23-15-14-22(19)24/h5-8,10-13,23H,2-4,9,14-16H2,1H3. The van der Waals surface area contributed by atoms with Gasteiger partial charge in [0.15, 0.2) is 0 Å². The molecule has 2 heteroatoms. The molecule has 24 heavy (non-hydrogen) atoms. The van der Waals surface area contributed by atoms with Crippen molar-refractivity contribution in [2.24, 2.45) is 0 Å². The van der Waals surface area contributed by atoms with E-state index in [1.165, 1.54) is 59.1 Å². The SMILES string of the molecule is CCCCCc1ccccc1-n1c2c(c3ccccc31)CNCC2.